The van der Waals surface area contributed by atoms with Crippen LogP contribution in [-0.4, -0.2) is 37.2 Å². The average molecular weight is 474 g/mol. The first-order valence-electron chi connectivity index (χ1n) is 10.9. The lowest BCUT2D eigenvalue weighted by Crippen LogP contribution is -2.20. The van der Waals surface area contributed by atoms with Crippen LogP contribution in [0.25, 0.3) is 22.2 Å². The Morgan fingerprint density at radius 3 is 2.54 bits per heavy atom. The van der Waals surface area contributed by atoms with E-state index in [4.69, 9.17) is 19.2 Å². The van der Waals surface area contributed by atoms with Gasteiger partial charge in [0.15, 0.2) is 6.61 Å². The molecule has 35 heavy (non-hydrogen) atoms. The molecule has 1 heterocycles. The Morgan fingerprint density at radius 1 is 1.00 bits per heavy atom. The van der Waals surface area contributed by atoms with Gasteiger partial charge in [-0.1, -0.05) is 12.1 Å². The molecule has 0 bridgehead atoms. The first kappa shape index (κ1) is 23.7. The minimum absolute atomic E-state index is 0.247. The van der Waals surface area contributed by atoms with Crippen molar-refractivity contribution in [3.63, 3.8) is 0 Å². The molecule has 1 N–H and O–H groups in total. The number of pyridine rings is 1. The van der Waals surface area contributed by atoms with Crippen LogP contribution in [0, 0.1) is 5.82 Å². The lowest BCUT2D eigenvalue weighted by atomic mass is 10.1. The number of carbonyl (C=O) groups excluding carboxylic acids is 2. The number of nitrogens with zero attached hydrogens (tertiary/aromatic N) is 1. The van der Waals surface area contributed by atoms with Crippen molar-refractivity contribution in [1.82, 2.24) is 4.98 Å². The Kier molecular flexibility index (Phi) is 7.21. The number of esters is 1. The second-order valence-electron chi connectivity index (χ2n) is 7.53. The fraction of sp³-hybridized carbons (Fsp3) is 0.148. The third-order valence-electron chi connectivity index (χ3n) is 5.13. The monoisotopic (exact) mass is 474 g/mol. The van der Waals surface area contributed by atoms with Crippen LogP contribution in [0.1, 0.15) is 17.3 Å². The molecule has 0 fully saturated rings. The van der Waals surface area contributed by atoms with Gasteiger partial charge in [-0.3, -0.25) is 4.79 Å². The van der Waals surface area contributed by atoms with Gasteiger partial charge in [-0.25, -0.2) is 14.2 Å². The van der Waals surface area contributed by atoms with Gasteiger partial charge in [0, 0.05) is 22.7 Å². The summed E-state index contributed by atoms with van der Waals surface area (Å²) in [7, 11) is 1.58. The zero-order chi connectivity index (χ0) is 24.8. The van der Waals surface area contributed by atoms with Gasteiger partial charge in [0.1, 0.15) is 17.3 Å². The molecular formula is C27H23FN2O5. The number of carbonyl (C=O) groups is 2. The van der Waals surface area contributed by atoms with Crippen LogP contribution in [0.2, 0.25) is 0 Å². The summed E-state index contributed by atoms with van der Waals surface area (Å²) in [5.41, 5.74) is 2.76. The predicted octanol–water partition coefficient (Wildman–Crippen LogP) is 5.24. The molecular weight excluding hydrogens is 451 g/mol. The number of fused-ring (bicyclic) bond motifs is 1. The fourth-order valence-corrected chi connectivity index (χ4v) is 3.46. The smallest absolute Gasteiger partial charge is 0.338 e. The van der Waals surface area contributed by atoms with Gasteiger partial charge in [0.05, 0.1) is 30.5 Å². The summed E-state index contributed by atoms with van der Waals surface area (Å²) in [5, 5.41) is 3.21. The molecule has 0 saturated heterocycles. The van der Waals surface area contributed by atoms with Gasteiger partial charge < -0.3 is 19.5 Å². The normalized spacial score (nSPS) is 10.6. The van der Waals surface area contributed by atoms with E-state index >= 15 is 0 Å². The summed E-state index contributed by atoms with van der Waals surface area (Å²) in [6.45, 7) is 1.67. The summed E-state index contributed by atoms with van der Waals surface area (Å²) >= 11 is 0. The van der Waals surface area contributed by atoms with E-state index in [2.05, 4.69) is 5.32 Å². The highest BCUT2D eigenvalue weighted by atomic mass is 19.1. The molecule has 8 heteroatoms. The van der Waals surface area contributed by atoms with Crippen LogP contribution in [0.3, 0.4) is 0 Å². The number of aromatic nitrogens is 1. The number of methoxy groups -OCH3 is 1. The van der Waals surface area contributed by atoms with Crippen molar-refractivity contribution < 1.29 is 28.2 Å². The maximum atomic E-state index is 13.1. The van der Waals surface area contributed by atoms with Crippen LogP contribution in [0.15, 0.2) is 72.8 Å². The van der Waals surface area contributed by atoms with Gasteiger partial charge in [-0.15, -0.1) is 0 Å². The molecule has 7 nitrogen and oxygen atoms in total. The molecule has 0 aliphatic rings. The van der Waals surface area contributed by atoms with Crippen molar-refractivity contribution in [2.45, 2.75) is 6.92 Å². The molecule has 4 aromatic rings. The maximum absolute atomic E-state index is 13.1. The van der Waals surface area contributed by atoms with Crippen LogP contribution in [0.5, 0.6) is 11.5 Å². The predicted molar refractivity (Wildman–Crippen MR) is 130 cm³/mol. The Labute approximate surface area is 201 Å². The number of ether oxygens (including phenoxy) is 3. The van der Waals surface area contributed by atoms with E-state index in [-0.39, 0.29) is 13.2 Å². The largest absolute Gasteiger partial charge is 0.497 e. The number of rotatable bonds is 8. The quantitative estimate of drug-likeness (QED) is 0.351. The second-order valence-corrected chi connectivity index (χ2v) is 7.53. The molecule has 0 spiro atoms. The molecule has 0 aliphatic carbocycles. The van der Waals surface area contributed by atoms with Crippen molar-refractivity contribution in [1.29, 1.82) is 0 Å². The van der Waals surface area contributed by atoms with Crippen molar-refractivity contribution >= 4 is 28.5 Å². The minimum Gasteiger partial charge on any atom is -0.497 e. The number of nitrogens with one attached hydrogen (secondary N) is 1. The Morgan fingerprint density at radius 2 is 1.80 bits per heavy atom. The van der Waals surface area contributed by atoms with Gasteiger partial charge in [0.2, 0.25) is 0 Å². The third kappa shape index (κ3) is 5.73. The SMILES string of the molecule is CCOC(=O)c1ccc2nc(-c3cccc(OC)c3)cc(OCC(=O)Nc3ccc(F)cc3)c2c1. The molecule has 0 unspecified atom stereocenters. The van der Waals surface area contributed by atoms with Gasteiger partial charge in [-0.2, -0.15) is 0 Å². The van der Waals surface area contributed by atoms with E-state index in [1.165, 1.54) is 24.3 Å². The van der Waals surface area contributed by atoms with Crippen LogP contribution >= 0.6 is 0 Å². The highest BCUT2D eigenvalue weighted by Gasteiger charge is 2.15. The van der Waals surface area contributed by atoms with E-state index in [0.717, 1.165) is 5.56 Å². The van der Waals surface area contributed by atoms with Crippen molar-refractivity contribution in [3.05, 3.63) is 84.2 Å². The first-order chi connectivity index (χ1) is 17.0. The van der Waals surface area contributed by atoms with Crippen molar-refractivity contribution in [3.8, 4) is 22.8 Å². The molecule has 1 aromatic heterocycles. The maximum Gasteiger partial charge on any atom is 0.338 e. The number of anilines is 1. The van der Waals surface area contributed by atoms with Crippen molar-refractivity contribution in [2.75, 3.05) is 25.6 Å². The number of amides is 1. The number of benzene rings is 3. The molecule has 0 aliphatic heterocycles. The molecule has 0 saturated carbocycles. The van der Waals surface area contributed by atoms with Gasteiger partial charge >= 0.3 is 5.97 Å². The zero-order valence-corrected chi connectivity index (χ0v) is 19.2. The molecule has 4 rings (SSSR count). The van der Waals surface area contributed by atoms with Crippen LogP contribution < -0.4 is 14.8 Å². The Bertz CT molecular complexity index is 1370. The van der Waals surface area contributed by atoms with Crippen LogP contribution in [0.4, 0.5) is 10.1 Å². The third-order valence-corrected chi connectivity index (χ3v) is 5.13. The Hall–Kier alpha value is -4.46. The standard InChI is InChI=1S/C27H23FN2O5/c1-3-34-27(32)18-7-12-23-22(14-18)25(15-24(30-23)17-5-4-6-21(13-17)33-2)35-16-26(31)29-20-10-8-19(28)9-11-20/h4-15H,3,16H2,1-2H3,(H,29,31). The number of hydrogen-bond donors (Lipinski definition) is 1. The second kappa shape index (κ2) is 10.6. The average Bonchev–Trinajstić information content (AvgIpc) is 2.88. The first-order valence-corrected chi connectivity index (χ1v) is 10.9. The summed E-state index contributed by atoms with van der Waals surface area (Å²) < 4.78 is 29.4. The van der Waals surface area contributed by atoms with E-state index < -0.39 is 17.7 Å². The summed E-state index contributed by atoms with van der Waals surface area (Å²) in [5.74, 6) is -0.251. The van der Waals surface area contributed by atoms with Gasteiger partial charge in [-0.05, 0) is 61.5 Å². The summed E-state index contributed by atoms with van der Waals surface area (Å²) in [6.07, 6.45) is 0. The number of halogens is 1. The van der Waals surface area contributed by atoms with E-state index in [1.807, 2.05) is 24.3 Å². The Balaban J connectivity index is 1.67. The van der Waals surface area contributed by atoms with E-state index in [1.54, 1.807) is 38.3 Å². The molecule has 0 atom stereocenters. The molecule has 0 radical (unpaired) electrons. The van der Waals surface area contributed by atoms with E-state index in [9.17, 15) is 14.0 Å². The topological polar surface area (TPSA) is 86.8 Å². The highest BCUT2D eigenvalue weighted by molar-refractivity contribution is 5.97. The summed E-state index contributed by atoms with van der Waals surface area (Å²) in [6, 6.07) is 19.5. The van der Waals surface area contributed by atoms with Gasteiger partial charge in [0.25, 0.3) is 5.91 Å². The van der Waals surface area contributed by atoms with E-state index in [0.29, 0.717) is 39.3 Å². The number of hydrogen-bond acceptors (Lipinski definition) is 6. The lowest BCUT2D eigenvalue weighted by molar-refractivity contribution is -0.118. The lowest BCUT2D eigenvalue weighted by Gasteiger charge is -2.13. The zero-order valence-electron chi connectivity index (χ0n) is 19.2. The molecule has 3 aromatic carbocycles. The van der Waals surface area contributed by atoms with Crippen LogP contribution in [-0.2, 0) is 9.53 Å². The molecule has 1 amide bonds. The summed E-state index contributed by atoms with van der Waals surface area (Å²) in [4.78, 5) is 29.4. The molecule has 178 valence electrons. The fourth-order valence-electron chi connectivity index (χ4n) is 3.46. The minimum atomic E-state index is -0.466. The van der Waals surface area contributed by atoms with Crippen molar-refractivity contribution in [2.24, 2.45) is 0 Å². The highest BCUT2D eigenvalue weighted by Crippen LogP contribution is 2.32.